The van der Waals surface area contributed by atoms with Crippen LogP contribution in [0.1, 0.15) is 0 Å². The van der Waals surface area contributed by atoms with Crippen LogP contribution < -0.4 is 5.32 Å². The topological polar surface area (TPSA) is 12.0 Å². The monoisotopic (exact) mass is 523 g/mol. The fraction of sp³-hybridized carbons (Fsp3) is 0. The quantitative estimate of drug-likeness (QED) is 0.229. The number of para-hydroxylation sites is 1. The summed E-state index contributed by atoms with van der Waals surface area (Å²) in [4.78, 5) is 0. The van der Waals surface area contributed by atoms with Crippen LogP contribution >= 0.6 is 0 Å². The number of hydrogen-bond donors (Lipinski definition) is 1. The number of nitrogens with one attached hydrogen (secondary N) is 1. The van der Waals surface area contributed by atoms with Gasteiger partial charge in [0.15, 0.2) is 0 Å². The molecule has 0 aliphatic heterocycles. The molecular weight excluding hydrogens is 494 g/mol. The zero-order valence-electron chi connectivity index (χ0n) is 22.7. The maximum absolute atomic E-state index is 3.52. The Kier molecular flexibility index (Phi) is 6.61. The maximum Gasteiger partial charge on any atom is 0.0384 e. The van der Waals surface area contributed by atoms with Crippen molar-refractivity contribution >= 4 is 22.1 Å². The Morgan fingerprint density at radius 3 is 1.39 bits per heavy atom. The zero-order chi connectivity index (χ0) is 27.4. The van der Waals surface area contributed by atoms with E-state index in [-0.39, 0.29) is 0 Å². The molecule has 0 unspecified atom stereocenters. The van der Waals surface area contributed by atoms with Crippen LogP contribution in [0, 0.1) is 0 Å². The van der Waals surface area contributed by atoms with Gasteiger partial charge in [0, 0.05) is 11.4 Å². The van der Waals surface area contributed by atoms with Crippen molar-refractivity contribution in [1.82, 2.24) is 0 Å². The fourth-order valence-corrected chi connectivity index (χ4v) is 5.59. The standard InChI is InChI=1S/C40H29N/c1-4-13-30(14-5-1)38-27-35(34-21-20-29-12-10-11-17-33(29)26-34)28-39(31-15-6-2-7-16-31)40(38)32-22-24-37(25-23-32)41-36-18-8-3-9-19-36/h1-28,41H. The third kappa shape index (κ3) is 5.14. The van der Waals surface area contributed by atoms with Crippen molar-refractivity contribution in [3.63, 3.8) is 0 Å². The van der Waals surface area contributed by atoms with Crippen LogP contribution in [0.2, 0.25) is 0 Å². The van der Waals surface area contributed by atoms with Gasteiger partial charge >= 0.3 is 0 Å². The Morgan fingerprint density at radius 2 is 0.780 bits per heavy atom. The summed E-state index contributed by atoms with van der Waals surface area (Å²) in [5, 5.41) is 6.02. The molecule has 0 bridgehead atoms. The molecule has 7 rings (SSSR count). The Labute approximate surface area is 241 Å². The SMILES string of the molecule is c1ccc(Nc2ccc(-c3c(-c4ccccc4)cc(-c4ccc5ccccc5c4)cc3-c3ccccc3)cc2)cc1. The Bertz CT molecular complexity index is 1860. The lowest BCUT2D eigenvalue weighted by Gasteiger charge is -2.19. The Hall–Kier alpha value is -5.40. The van der Waals surface area contributed by atoms with E-state index in [1.54, 1.807) is 0 Å². The van der Waals surface area contributed by atoms with Gasteiger partial charge < -0.3 is 5.32 Å². The van der Waals surface area contributed by atoms with Gasteiger partial charge in [0.25, 0.3) is 0 Å². The van der Waals surface area contributed by atoms with Crippen molar-refractivity contribution in [3.8, 4) is 44.5 Å². The van der Waals surface area contributed by atoms with Crippen LogP contribution in [0.5, 0.6) is 0 Å². The summed E-state index contributed by atoms with van der Waals surface area (Å²) in [5.41, 5.74) is 11.8. The Morgan fingerprint density at radius 1 is 0.293 bits per heavy atom. The van der Waals surface area contributed by atoms with E-state index in [0.29, 0.717) is 0 Å². The third-order valence-corrected chi connectivity index (χ3v) is 7.63. The molecule has 0 radical (unpaired) electrons. The lowest BCUT2D eigenvalue weighted by atomic mass is 9.84. The average molecular weight is 524 g/mol. The highest BCUT2D eigenvalue weighted by Gasteiger charge is 2.17. The molecule has 0 saturated heterocycles. The van der Waals surface area contributed by atoms with E-state index in [4.69, 9.17) is 0 Å². The first-order valence-electron chi connectivity index (χ1n) is 14.0. The fourth-order valence-electron chi connectivity index (χ4n) is 5.59. The molecule has 0 atom stereocenters. The second kappa shape index (κ2) is 11.0. The van der Waals surface area contributed by atoms with E-state index in [1.807, 2.05) is 18.2 Å². The van der Waals surface area contributed by atoms with E-state index in [9.17, 15) is 0 Å². The molecule has 1 N–H and O–H groups in total. The average Bonchev–Trinajstić information content (AvgIpc) is 3.06. The van der Waals surface area contributed by atoms with Crippen LogP contribution in [0.25, 0.3) is 55.3 Å². The number of benzene rings is 7. The number of fused-ring (bicyclic) bond motifs is 1. The largest absolute Gasteiger partial charge is 0.356 e. The number of anilines is 2. The highest BCUT2D eigenvalue weighted by molar-refractivity contribution is 5.98. The van der Waals surface area contributed by atoms with E-state index >= 15 is 0 Å². The van der Waals surface area contributed by atoms with Gasteiger partial charge in [0.05, 0.1) is 0 Å². The highest BCUT2D eigenvalue weighted by Crippen LogP contribution is 2.44. The molecule has 0 aliphatic rings. The highest BCUT2D eigenvalue weighted by atomic mass is 14.9. The van der Waals surface area contributed by atoms with Gasteiger partial charge in [-0.25, -0.2) is 0 Å². The Balaban J connectivity index is 1.43. The first kappa shape index (κ1) is 24.6. The zero-order valence-corrected chi connectivity index (χ0v) is 22.7. The van der Waals surface area contributed by atoms with Gasteiger partial charge in [-0.05, 0) is 97.7 Å². The maximum atomic E-state index is 3.52. The predicted octanol–water partition coefficient (Wildman–Crippen LogP) is 11.3. The first-order valence-corrected chi connectivity index (χ1v) is 14.0. The summed E-state index contributed by atoms with van der Waals surface area (Å²) in [7, 11) is 0. The van der Waals surface area contributed by atoms with Crippen molar-refractivity contribution in [2.24, 2.45) is 0 Å². The van der Waals surface area contributed by atoms with Crippen molar-refractivity contribution in [1.29, 1.82) is 0 Å². The molecule has 7 aromatic rings. The van der Waals surface area contributed by atoms with Gasteiger partial charge in [-0.15, -0.1) is 0 Å². The van der Waals surface area contributed by atoms with Crippen molar-refractivity contribution in [2.75, 3.05) is 5.32 Å². The van der Waals surface area contributed by atoms with Gasteiger partial charge in [-0.2, -0.15) is 0 Å². The van der Waals surface area contributed by atoms with Crippen LogP contribution in [-0.2, 0) is 0 Å². The van der Waals surface area contributed by atoms with Crippen molar-refractivity contribution in [3.05, 3.63) is 170 Å². The van der Waals surface area contributed by atoms with Gasteiger partial charge in [0.2, 0.25) is 0 Å². The molecule has 41 heavy (non-hydrogen) atoms. The third-order valence-electron chi connectivity index (χ3n) is 7.63. The normalized spacial score (nSPS) is 10.9. The smallest absolute Gasteiger partial charge is 0.0384 e. The molecule has 0 fully saturated rings. The molecule has 7 aromatic carbocycles. The van der Waals surface area contributed by atoms with E-state index in [2.05, 4.69) is 157 Å². The van der Waals surface area contributed by atoms with Crippen LogP contribution in [0.4, 0.5) is 11.4 Å². The minimum Gasteiger partial charge on any atom is -0.356 e. The van der Waals surface area contributed by atoms with E-state index in [0.717, 1.165) is 11.4 Å². The molecular formula is C40H29N. The molecule has 1 heteroatoms. The summed E-state index contributed by atoms with van der Waals surface area (Å²) < 4.78 is 0. The predicted molar refractivity (Wildman–Crippen MR) is 175 cm³/mol. The van der Waals surface area contributed by atoms with E-state index < -0.39 is 0 Å². The van der Waals surface area contributed by atoms with Crippen LogP contribution in [-0.4, -0.2) is 0 Å². The molecule has 0 saturated carbocycles. The summed E-state index contributed by atoms with van der Waals surface area (Å²) >= 11 is 0. The van der Waals surface area contributed by atoms with Gasteiger partial charge in [0.1, 0.15) is 0 Å². The lowest BCUT2D eigenvalue weighted by molar-refractivity contribution is 1.52. The second-order valence-corrected chi connectivity index (χ2v) is 10.3. The summed E-state index contributed by atoms with van der Waals surface area (Å²) in [6.45, 7) is 0. The summed E-state index contributed by atoms with van der Waals surface area (Å²) in [6, 6.07) is 60.6. The molecule has 0 spiro atoms. The minimum absolute atomic E-state index is 1.07. The molecule has 0 heterocycles. The van der Waals surface area contributed by atoms with Crippen molar-refractivity contribution in [2.45, 2.75) is 0 Å². The molecule has 194 valence electrons. The summed E-state index contributed by atoms with van der Waals surface area (Å²) in [6.07, 6.45) is 0. The first-order chi connectivity index (χ1) is 20.3. The van der Waals surface area contributed by atoms with Crippen molar-refractivity contribution < 1.29 is 0 Å². The molecule has 0 aromatic heterocycles. The molecule has 1 nitrogen and oxygen atoms in total. The minimum atomic E-state index is 1.07. The number of rotatable bonds is 6. The van der Waals surface area contributed by atoms with Gasteiger partial charge in [-0.1, -0.05) is 127 Å². The number of hydrogen-bond acceptors (Lipinski definition) is 1. The van der Waals surface area contributed by atoms with E-state index in [1.165, 1.54) is 55.3 Å². The van der Waals surface area contributed by atoms with Gasteiger partial charge in [-0.3, -0.25) is 0 Å². The lowest BCUT2D eigenvalue weighted by Crippen LogP contribution is -1.94. The van der Waals surface area contributed by atoms with Crippen LogP contribution in [0.15, 0.2) is 170 Å². The van der Waals surface area contributed by atoms with Crippen LogP contribution in [0.3, 0.4) is 0 Å². The summed E-state index contributed by atoms with van der Waals surface area (Å²) in [5.74, 6) is 0. The second-order valence-electron chi connectivity index (χ2n) is 10.3. The molecule has 0 amide bonds. The molecule has 0 aliphatic carbocycles.